The molecule has 0 aliphatic rings. The standard InChI is InChI=1S/C10H13NO4/c12-4-3-11-6-10(15)7-1-2-8(13)9(14)5-7/h1-2,4-5,10-11,13-15H,3,6H2. The second-order valence-corrected chi connectivity index (χ2v) is 3.09. The van der Waals surface area contributed by atoms with E-state index in [9.17, 15) is 15.0 Å². The molecular weight excluding hydrogens is 198 g/mol. The van der Waals surface area contributed by atoms with E-state index >= 15 is 0 Å². The van der Waals surface area contributed by atoms with E-state index in [4.69, 9.17) is 5.11 Å². The van der Waals surface area contributed by atoms with Gasteiger partial charge in [0.1, 0.15) is 6.29 Å². The first-order valence-electron chi connectivity index (χ1n) is 4.49. The van der Waals surface area contributed by atoms with Crippen LogP contribution < -0.4 is 5.32 Å². The van der Waals surface area contributed by atoms with Gasteiger partial charge < -0.3 is 25.4 Å². The van der Waals surface area contributed by atoms with Crippen molar-refractivity contribution in [2.75, 3.05) is 13.1 Å². The average Bonchev–Trinajstić information content (AvgIpc) is 2.22. The molecule has 1 aromatic carbocycles. The van der Waals surface area contributed by atoms with Crippen LogP contribution in [-0.4, -0.2) is 34.7 Å². The lowest BCUT2D eigenvalue weighted by molar-refractivity contribution is -0.107. The third kappa shape index (κ3) is 3.23. The molecule has 1 unspecified atom stereocenters. The summed E-state index contributed by atoms with van der Waals surface area (Å²) in [7, 11) is 0. The molecule has 0 radical (unpaired) electrons. The molecule has 0 aliphatic carbocycles. The number of phenolic OH excluding ortho intramolecular Hbond substituents is 2. The summed E-state index contributed by atoms with van der Waals surface area (Å²) in [5.74, 6) is -0.506. The highest BCUT2D eigenvalue weighted by Gasteiger charge is 2.09. The van der Waals surface area contributed by atoms with Crippen molar-refractivity contribution in [2.24, 2.45) is 0 Å². The summed E-state index contributed by atoms with van der Waals surface area (Å²) in [5, 5.41) is 30.5. The first-order chi connectivity index (χ1) is 7.15. The lowest BCUT2D eigenvalue weighted by Gasteiger charge is -2.11. The van der Waals surface area contributed by atoms with Crippen LogP contribution in [0.25, 0.3) is 0 Å². The topological polar surface area (TPSA) is 89.8 Å². The highest BCUT2D eigenvalue weighted by atomic mass is 16.3. The van der Waals surface area contributed by atoms with Crippen LogP contribution in [0.1, 0.15) is 11.7 Å². The van der Waals surface area contributed by atoms with Gasteiger partial charge in [-0.25, -0.2) is 0 Å². The number of benzene rings is 1. The van der Waals surface area contributed by atoms with E-state index in [1.807, 2.05) is 0 Å². The largest absolute Gasteiger partial charge is 0.504 e. The van der Waals surface area contributed by atoms with Crippen LogP contribution in [0, 0.1) is 0 Å². The second-order valence-electron chi connectivity index (χ2n) is 3.09. The summed E-state index contributed by atoms with van der Waals surface area (Å²) in [6, 6.07) is 4.08. The minimum absolute atomic E-state index is 0.168. The van der Waals surface area contributed by atoms with Crippen molar-refractivity contribution in [2.45, 2.75) is 6.10 Å². The third-order valence-corrected chi connectivity index (χ3v) is 1.95. The molecule has 5 nitrogen and oxygen atoms in total. The van der Waals surface area contributed by atoms with Gasteiger partial charge in [0.05, 0.1) is 12.6 Å². The number of hydrogen-bond acceptors (Lipinski definition) is 5. The summed E-state index contributed by atoms with van der Waals surface area (Å²) in [6.07, 6.45) is -0.127. The van der Waals surface area contributed by atoms with Crippen LogP contribution in [0.4, 0.5) is 0 Å². The highest BCUT2D eigenvalue weighted by molar-refractivity contribution is 5.51. The summed E-state index contributed by atoms with van der Waals surface area (Å²) in [4.78, 5) is 10.0. The monoisotopic (exact) mass is 211 g/mol. The molecule has 1 rings (SSSR count). The van der Waals surface area contributed by atoms with E-state index in [0.717, 1.165) is 0 Å². The molecule has 15 heavy (non-hydrogen) atoms. The van der Waals surface area contributed by atoms with Crippen molar-refractivity contribution < 1.29 is 20.1 Å². The predicted octanol–water partition coefficient (Wildman–Crippen LogP) is -0.0803. The van der Waals surface area contributed by atoms with Crippen molar-refractivity contribution in [3.8, 4) is 11.5 Å². The Morgan fingerprint density at radius 2 is 2.07 bits per heavy atom. The number of aromatic hydroxyl groups is 2. The maximum atomic E-state index is 10.0. The van der Waals surface area contributed by atoms with Crippen molar-refractivity contribution in [1.82, 2.24) is 5.32 Å². The van der Waals surface area contributed by atoms with Crippen LogP contribution in [0.15, 0.2) is 18.2 Å². The number of rotatable bonds is 5. The van der Waals surface area contributed by atoms with Crippen LogP contribution >= 0.6 is 0 Å². The van der Waals surface area contributed by atoms with E-state index in [-0.39, 0.29) is 24.6 Å². The Labute approximate surface area is 87.0 Å². The Morgan fingerprint density at radius 1 is 1.33 bits per heavy atom. The quantitative estimate of drug-likeness (QED) is 0.311. The molecule has 82 valence electrons. The van der Waals surface area contributed by atoms with Gasteiger partial charge in [-0.3, -0.25) is 0 Å². The van der Waals surface area contributed by atoms with Gasteiger partial charge in [-0.15, -0.1) is 0 Å². The van der Waals surface area contributed by atoms with Crippen molar-refractivity contribution in [3.05, 3.63) is 23.8 Å². The van der Waals surface area contributed by atoms with Crippen LogP contribution in [-0.2, 0) is 4.79 Å². The van der Waals surface area contributed by atoms with Gasteiger partial charge in [-0.2, -0.15) is 0 Å². The molecule has 0 amide bonds. The minimum atomic E-state index is -0.823. The maximum Gasteiger partial charge on any atom is 0.157 e. The molecule has 4 N–H and O–H groups in total. The van der Waals surface area contributed by atoms with E-state index in [0.29, 0.717) is 11.8 Å². The number of aliphatic hydroxyl groups excluding tert-OH is 1. The first kappa shape index (κ1) is 11.5. The molecule has 0 saturated heterocycles. The fourth-order valence-electron chi connectivity index (χ4n) is 1.14. The zero-order valence-corrected chi connectivity index (χ0v) is 8.05. The second kappa shape index (κ2) is 5.33. The van der Waals surface area contributed by atoms with Gasteiger partial charge in [0, 0.05) is 6.54 Å². The summed E-state index contributed by atoms with van der Waals surface area (Å²) in [6.45, 7) is 0.379. The van der Waals surface area contributed by atoms with E-state index in [1.54, 1.807) is 0 Å². The molecule has 0 aromatic heterocycles. The minimum Gasteiger partial charge on any atom is -0.504 e. The summed E-state index contributed by atoms with van der Waals surface area (Å²) < 4.78 is 0. The number of phenols is 2. The number of carbonyl (C=O) groups excluding carboxylic acids is 1. The molecule has 0 fully saturated rings. The smallest absolute Gasteiger partial charge is 0.157 e. The molecule has 0 saturated carbocycles. The predicted molar refractivity (Wildman–Crippen MR) is 53.7 cm³/mol. The molecule has 1 atom stereocenters. The van der Waals surface area contributed by atoms with Crippen molar-refractivity contribution >= 4 is 6.29 Å². The fraction of sp³-hybridized carbons (Fsp3) is 0.300. The van der Waals surface area contributed by atoms with Crippen LogP contribution in [0.5, 0.6) is 11.5 Å². The summed E-state index contributed by atoms with van der Waals surface area (Å²) >= 11 is 0. The zero-order chi connectivity index (χ0) is 11.3. The Morgan fingerprint density at radius 3 is 2.67 bits per heavy atom. The molecule has 5 heteroatoms. The molecule has 0 aliphatic heterocycles. The van der Waals surface area contributed by atoms with Gasteiger partial charge in [-0.05, 0) is 17.7 Å². The SMILES string of the molecule is O=CCNCC(O)c1ccc(O)c(O)c1. The first-order valence-corrected chi connectivity index (χ1v) is 4.49. The van der Waals surface area contributed by atoms with Gasteiger partial charge in [0.2, 0.25) is 0 Å². The zero-order valence-electron chi connectivity index (χ0n) is 8.05. The van der Waals surface area contributed by atoms with Gasteiger partial charge in [0.25, 0.3) is 0 Å². The van der Waals surface area contributed by atoms with Gasteiger partial charge >= 0.3 is 0 Å². The van der Waals surface area contributed by atoms with E-state index in [2.05, 4.69) is 5.32 Å². The Bertz CT molecular complexity index is 340. The van der Waals surface area contributed by atoms with Gasteiger partial charge in [-0.1, -0.05) is 6.07 Å². The molecule has 0 bridgehead atoms. The van der Waals surface area contributed by atoms with Crippen molar-refractivity contribution in [1.29, 1.82) is 0 Å². The molecule has 0 heterocycles. The third-order valence-electron chi connectivity index (χ3n) is 1.95. The van der Waals surface area contributed by atoms with E-state index < -0.39 is 6.10 Å². The number of hydrogen-bond donors (Lipinski definition) is 4. The number of carbonyl (C=O) groups is 1. The number of aldehydes is 1. The van der Waals surface area contributed by atoms with Gasteiger partial charge in [0.15, 0.2) is 11.5 Å². The van der Waals surface area contributed by atoms with Crippen LogP contribution in [0.3, 0.4) is 0 Å². The number of nitrogens with one attached hydrogen (secondary N) is 1. The lowest BCUT2D eigenvalue weighted by Crippen LogP contribution is -2.23. The fourth-order valence-corrected chi connectivity index (χ4v) is 1.14. The molecule has 1 aromatic rings. The number of aliphatic hydroxyl groups is 1. The van der Waals surface area contributed by atoms with Crippen LogP contribution in [0.2, 0.25) is 0 Å². The Kier molecular flexibility index (Phi) is 4.08. The lowest BCUT2D eigenvalue weighted by atomic mass is 10.1. The average molecular weight is 211 g/mol. The Balaban J connectivity index is 2.61. The highest BCUT2D eigenvalue weighted by Crippen LogP contribution is 2.27. The molecule has 0 spiro atoms. The normalized spacial score (nSPS) is 12.3. The molecular formula is C10H13NO4. The maximum absolute atomic E-state index is 10.0. The van der Waals surface area contributed by atoms with Crippen molar-refractivity contribution in [3.63, 3.8) is 0 Å². The van der Waals surface area contributed by atoms with E-state index in [1.165, 1.54) is 18.2 Å². The Hall–Kier alpha value is -1.59. The summed E-state index contributed by atoms with van der Waals surface area (Å²) in [5.41, 5.74) is 0.476.